The van der Waals surface area contributed by atoms with Crippen molar-refractivity contribution in [1.29, 1.82) is 0 Å². The number of benzene rings is 8. The molecule has 21 nitrogen and oxygen atoms in total. The Morgan fingerprint density at radius 1 is 0.317 bits per heavy atom. The van der Waals surface area contributed by atoms with Crippen LogP contribution in [-0.4, -0.2) is 146 Å². The second kappa shape index (κ2) is 41.7. The van der Waals surface area contributed by atoms with Crippen LogP contribution >= 0.6 is 46.4 Å². The average Bonchev–Trinajstić information content (AvgIpc) is 0.860. The third-order valence-corrected chi connectivity index (χ3v) is 23.9. The summed E-state index contributed by atoms with van der Waals surface area (Å²) in [5, 5.41) is 76.2. The van der Waals surface area contributed by atoms with Gasteiger partial charge in [-0.1, -0.05) is 94.9 Å². The van der Waals surface area contributed by atoms with Crippen LogP contribution < -0.4 is 66.9 Å². The lowest BCUT2D eigenvalue weighted by Gasteiger charge is -2.37. The lowest BCUT2D eigenvalue weighted by Crippen LogP contribution is -2.49. The summed E-state index contributed by atoms with van der Waals surface area (Å²) in [5.41, 5.74) is 12.5. The fourth-order valence-corrected chi connectivity index (χ4v) is 17.6. The molecule has 0 radical (unpaired) electrons. The fourth-order valence-electron chi connectivity index (χ4n) is 17.1. The summed E-state index contributed by atoms with van der Waals surface area (Å²) in [5.74, 6) is 4.05. The van der Waals surface area contributed by atoms with E-state index in [4.69, 9.17) is 66.1 Å². The summed E-state index contributed by atoms with van der Waals surface area (Å²) in [6.45, 7) is 37.1. The number of aromatic hydroxyl groups is 4. The van der Waals surface area contributed by atoms with Gasteiger partial charge in [0.25, 0.3) is 0 Å². The molecule has 4 aliphatic heterocycles. The predicted octanol–water partition coefficient (Wildman–Crippen LogP) is 22.3. The highest BCUT2D eigenvalue weighted by Crippen LogP contribution is 2.42. The van der Waals surface area contributed by atoms with E-state index in [9.17, 15) is 20.4 Å². The summed E-state index contributed by atoms with van der Waals surface area (Å²) in [6.07, 6.45) is 8.76. The van der Waals surface area contributed by atoms with Crippen molar-refractivity contribution in [1.82, 2.24) is 41.2 Å². The number of nitrogens with one attached hydrogen (secondary N) is 8. The number of pyridine rings is 4. The number of phenols is 4. The number of aromatic nitrogens is 4. The molecule has 0 amide bonds. The number of hydrogen-bond donors (Lipinski definition) is 12. The lowest BCUT2D eigenvalue weighted by atomic mass is 9.99. The van der Waals surface area contributed by atoms with Gasteiger partial charge in [0.05, 0.1) is 23.7 Å². The maximum Gasteiger partial charge on any atom is 0.184 e. The Morgan fingerprint density at radius 3 is 0.849 bits per heavy atom. The van der Waals surface area contributed by atoms with Crippen molar-refractivity contribution in [2.24, 2.45) is 0 Å². The van der Waals surface area contributed by atoms with E-state index in [0.29, 0.717) is 66.7 Å². The van der Waals surface area contributed by atoms with Gasteiger partial charge in [0.15, 0.2) is 11.5 Å². The minimum Gasteiger partial charge on any atom is -0.508 e. The number of anilines is 8. The van der Waals surface area contributed by atoms with Gasteiger partial charge in [-0.05, 0) is 254 Å². The minimum atomic E-state index is -0.192. The Labute approximate surface area is 763 Å². The highest BCUT2D eigenvalue weighted by atomic mass is 35.5. The maximum atomic E-state index is 10.5. The molecular formula is C101H126Cl4N16O5. The molecule has 668 valence electrons. The summed E-state index contributed by atoms with van der Waals surface area (Å²) in [7, 11) is 1.69. The Morgan fingerprint density at radius 2 is 0.571 bits per heavy atom. The molecule has 12 N–H and O–H groups in total. The van der Waals surface area contributed by atoms with Gasteiger partial charge in [-0.3, -0.25) is 0 Å². The Bertz CT molecular complexity index is 5430. The maximum absolute atomic E-state index is 10.5. The number of nitrogens with zero attached hydrogens (tertiary/aromatic N) is 8. The predicted molar refractivity (Wildman–Crippen MR) is 528 cm³/mol. The van der Waals surface area contributed by atoms with E-state index < -0.39 is 0 Å². The van der Waals surface area contributed by atoms with E-state index in [1.54, 1.807) is 31.4 Å². The van der Waals surface area contributed by atoms with Crippen LogP contribution in [0.25, 0.3) is 43.6 Å². The molecule has 16 rings (SSSR count). The first-order chi connectivity index (χ1) is 60.0. The number of rotatable bonds is 21. The van der Waals surface area contributed by atoms with Gasteiger partial charge in [0, 0.05) is 232 Å². The number of phenolic OH excluding ortho intramolecular Hbond substituents is 4. The molecule has 0 unspecified atom stereocenters. The minimum absolute atomic E-state index is 0.0955. The van der Waals surface area contributed by atoms with Crippen LogP contribution in [0.4, 0.5) is 46.0 Å². The van der Waals surface area contributed by atoms with Gasteiger partial charge < -0.3 is 87.3 Å². The zero-order valence-corrected chi connectivity index (χ0v) is 78.2. The molecule has 0 aliphatic carbocycles. The molecule has 4 saturated heterocycles. The Kier molecular flexibility index (Phi) is 30.9. The Hall–Kier alpha value is -10.2. The molecule has 8 heterocycles. The first-order valence-electron chi connectivity index (χ1n) is 44.2. The van der Waals surface area contributed by atoms with Gasteiger partial charge >= 0.3 is 0 Å². The van der Waals surface area contributed by atoms with Crippen LogP contribution in [0.15, 0.2) is 188 Å². The molecule has 4 aromatic heterocycles. The topological polar surface area (TPSA) is 251 Å². The van der Waals surface area contributed by atoms with Crippen LogP contribution in [0.2, 0.25) is 20.1 Å². The van der Waals surface area contributed by atoms with Crippen LogP contribution in [0.5, 0.6) is 28.7 Å². The van der Waals surface area contributed by atoms with Crippen molar-refractivity contribution >= 4 is 136 Å². The number of hydrogen-bond acceptors (Lipinski definition) is 21. The molecule has 0 atom stereocenters. The molecule has 0 spiro atoms. The third-order valence-electron chi connectivity index (χ3n) is 22.9. The fraction of sp³-hybridized carbons (Fsp3) is 0.406. The molecule has 0 saturated carbocycles. The van der Waals surface area contributed by atoms with E-state index >= 15 is 0 Å². The van der Waals surface area contributed by atoms with E-state index in [-0.39, 0.29) is 45.2 Å². The highest BCUT2D eigenvalue weighted by molar-refractivity contribution is 6.31. The SMILES string of the molecule is CC(C)(C)NC1CCN(c2cc(NCc3ccc(Cl)cc3)nc3c(O)c(O)ccc23)CC1.CC(C)(C)NC1CCN(c2cc(NCc3ccc(Cl)cc3)nc3cc(O)ccc23)CC1.CC(C)(C)NC1CCN(c2cc(NCc3ccc(Cl)cc3)nc3cc(O)ccc23)CC1.COc1ccc2c(N3CCC(NC(C)(C)C)CC3)cc(NCc3ccc(Cl)cc3)nc2c1. The first kappa shape index (κ1) is 93.4. The number of halogens is 4. The largest absolute Gasteiger partial charge is 0.508 e. The van der Waals surface area contributed by atoms with E-state index in [2.05, 4.69) is 174 Å². The molecule has 4 fully saturated rings. The van der Waals surface area contributed by atoms with E-state index in [0.717, 1.165) is 219 Å². The molecule has 25 heteroatoms. The van der Waals surface area contributed by atoms with Crippen LogP contribution in [0, 0.1) is 0 Å². The molecule has 4 aliphatic rings. The van der Waals surface area contributed by atoms with Gasteiger partial charge in [0.2, 0.25) is 0 Å². The van der Waals surface area contributed by atoms with Gasteiger partial charge in [-0.25, -0.2) is 19.9 Å². The molecule has 126 heavy (non-hydrogen) atoms. The first-order valence-corrected chi connectivity index (χ1v) is 45.7. The van der Waals surface area contributed by atoms with Crippen molar-refractivity contribution in [2.45, 2.75) is 207 Å². The standard InChI is InChI=1S/C26H33ClN4O.C25H31ClN4O2.2C25H31ClN4O/c1-26(2,3)30-20-11-13-31(14-12-20)24-16-25(28-17-18-5-7-19(27)8-6-18)29-23-15-21(32-4)9-10-22(23)24;1-25(2,3)29-18-10-12-30(13-11-18)20-14-22(27-15-16-4-6-17(26)7-5-16)28-23-19(20)8-9-21(31)24(23)32;2*1-25(2,3)29-19-10-12-30(13-11-19)23-15-24(27-16-17-4-6-18(26)7-5-17)28-22-14-20(31)8-9-21(22)23/h5-10,15-16,20,30H,11-14,17H2,1-4H3,(H,28,29);4-9,14,18,29,31-32H,10-13,15H2,1-3H3,(H,27,28);2*4-9,14-15,19,29,31H,10-13,16H2,1-3H3,(H,27,28). The second-order valence-electron chi connectivity index (χ2n) is 37.8. The normalized spacial score (nSPS) is 15.3. The molecule has 0 bridgehead atoms. The van der Waals surface area contributed by atoms with E-state index in [1.165, 1.54) is 11.8 Å². The number of ether oxygens (including phenoxy) is 1. The molecule has 8 aromatic carbocycles. The quantitative estimate of drug-likeness (QED) is 0.0299. The zero-order chi connectivity index (χ0) is 89.6. The van der Waals surface area contributed by atoms with Crippen molar-refractivity contribution in [3.63, 3.8) is 0 Å². The highest BCUT2D eigenvalue weighted by Gasteiger charge is 2.31. The monoisotopic (exact) mass is 1780 g/mol. The van der Waals surface area contributed by atoms with Gasteiger partial charge in [-0.15, -0.1) is 0 Å². The van der Waals surface area contributed by atoms with Crippen LogP contribution in [0.1, 0.15) is 157 Å². The lowest BCUT2D eigenvalue weighted by molar-refractivity contribution is 0.317. The summed E-state index contributed by atoms with van der Waals surface area (Å²) < 4.78 is 5.45. The van der Waals surface area contributed by atoms with Crippen LogP contribution in [0.3, 0.4) is 0 Å². The number of piperidine rings is 4. The van der Waals surface area contributed by atoms with Gasteiger partial charge in [0.1, 0.15) is 46.0 Å². The number of methoxy groups -OCH3 is 1. The van der Waals surface area contributed by atoms with E-state index in [1.807, 2.05) is 133 Å². The molecular weight excluding hydrogens is 1660 g/mol. The van der Waals surface area contributed by atoms with Crippen molar-refractivity contribution < 1.29 is 25.2 Å². The van der Waals surface area contributed by atoms with Crippen molar-refractivity contribution in [3.05, 3.63) is 230 Å². The third kappa shape index (κ3) is 26.9. The van der Waals surface area contributed by atoms with Crippen LogP contribution in [-0.2, 0) is 26.2 Å². The Balaban J connectivity index is 0.000000144. The number of fused-ring (bicyclic) bond motifs is 4. The van der Waals surface area contributed by atoms with Crippen molar-refractivity contribution in [2.75, 3.05) is 100 Å². The van der Waals surface area contributed by atoms with Gasteiger partial charge in [-0.2, -0.15) is 0 Å². The average molecular weight is 1790 g/mol. The summed E-state index contributed by atoms with van der Waals surface area (Å²) >= 11 is 24.0. The molecule has 12 aromatic rings. The summed E-state index contributed by atoms with van der Waals surface area (Å²) in [4.78, 5) is 28.7. The summed E-state index contributed by atoms with van der Waals surface area (Å²) in [6, 6.07) is 62.2. The second-order valence-corrected chi connectivity index (χ2v) is 39.5. The zero-order valence-electron chi connectivity index (χ0n) is 75.1. The smallest absolute Gasteiger partial charge is 0.184 e. The van der Waals surface area contributed by atoms with Crippen molar-refractivity contribution in [3.8, 4) is 28.7 Å².